The fourth-order valence-corrected chi connectivity index (χ4v) is 1.43. The van der Waals surface area contributed by atoms with Gasteiger partial charge in [0.25, 0.3) is 0 Å². The third-order valence-electron chi connectivity index (χ3n) is 2.23. The Bertz CT molecular complexity index is 174. The third kappa shape index (κ3) is 2.29. The van der Waals surface area contributed by atoms with E-state index < -0.39 is 0 Å². The van der Waals surface area contributed by atoms with Crippen molar-refractivity contribution in [3.63, 3.8) is 0 Å². The molecule has 1 rings (SSSR count). The van der Waals surface area contributed by atoms with Gasteiger partial charge in [-0.3, -0.25) is 0 Å². The third-order valence-corrected chi connectivity index (χ3v) is 2.52. The van der Waals surface area contributed by atoms with E-state index in [1.54, 1.807) is 0 Å². The summed E-state index contributed by atoms with van der Waals surface area (Å²) < 4.78 is 0. The second kappa shape index (κ2) is 3.86. The van der Waals surface area contributed by atoms with E-state index in [-0.39, 0.29) is 0 Å². The smallest absolute Gasteiger partial charge is 0.0796 e. The van der Waals surface area contributed by atoms with Crippen LogP contribution in [0.15, 0.2) is 12.2 Å². The van der Waals surface area contributed by atoms with Crippen LogP contribution in [0.1, 0.15) is 26.7 Å². The fourth-order valence-electron chi connectivity index (χ4n) is 1.20. The average Bonchev–Trinajstić information content (AvgIpc) is 2.03. The standard InChI is InChI=1S/C9H15NS/c1-3-7(2)8-5-4-6-9(11)10-8/h4-5,7-8H,3,6H2,1-2H3,(H,10,11). The first-order chi connectivity index (χ1) is 5.24. The normalized spacial score (nSPS) is 26.4. The highest BCUT2D eigenvalue weighted by Gasteiger charge is 2.15. The molecule has 62 valence electrons. The molecule has 0 amide bonds. The summed E-state index contributed by atoms with van der Waals surface area (Å²) in [4.78, 5) is 0.984. The lowest BCUT2D eigenvalue weighted by molar-refractivity contribution is 0.467. The summed E-state index contributed by atoms with van der Waals surface area (Å²) in [7, 11) is 0. The molecule has 0 spiro atoms. The molecule has 0 aromatic heterocycles. The topological polar surface area (TPSA) is 12.0 Å². The van der Waals surface area contributed by atoms with Crippen molar-refractivity contribution in [2.75, 3.05) is 0 Å². The molecule has 2 heteroatoms. The van der Waals surface area contributed by atoms with Crippen molar-refractivity contribution in [2.45, 2.75) is 32.7 Å². The number of hydrogen-bond acceptors (Lipinski definition) is 1. The Kier molecular flexibility index (Phi) is 3.06. The van der Waals surface area contributed by atoms with E-state index in [9.17, 15) is 0 Å². The monoisotopic (exact) mass is 169 g/mol. The number of rotatable bonds is 2. The summed E-state index contributed by atoms with van der Waals surface area (Å²) >= 11 is 5.09. The molecule has 1 heterocycles. The first kappa shape index (κ1) is 8.72. The maximum absolute atomic E-state index is 5.09. The van der Waals surface area contributed by atoms with Gasteiger partial charge in [0, 0.05) is 12.5 Å². The zero-order chi connectivity index (χ0) is 8.27. The first-order valence-corrected chi connectivity index (χ1v) is 4.61. The molecule has 0 aromatic rings. The van der Waals surface area contributed by atoms with Crippen molar-refractivity contribution in [2.24, 2.45) is 5.92 Å². The van der Waals surface area contributed by atoms with Gasteiger partial charge >= 0.3 is 0 Å². The Labute approximate surface area is 73.9 Å². The van der Waals surface area contributed by atoms with Crippen LogP contribution in [0, 0.1) is 5.92 Å². The summed E-state index contributed by atoms with van der Waals surface area (Å²) in [5.41, 5.74) is 0. The van der Waals surface area contributed by atoms with E-state index in [1.165, 1.54) is 6.42 Å². The molecule has 1 nitrogen and oxygen atoms in total. The van der Waals surface area contributed by atoms with Crippen molar-refractivity contribution in [3.8, 4) is 0 Å². The van der Waals surface area contributed by atoms with Gasteiger partial charge < -0.3 is 5.32 Å². The van der Waals surface area contributed by atoms with Crippen LogP contribution in [0.25, 0.3) is 0 Å². The van der Waals surface area contributed by atoms with Crippen LogP contribution in [0.4, 0.5) is 0 Å². The fraction of sp³-hybridized carbons (Fsp3) is 0.667. The van der Waals surface area contributed by atoms with E-state index in [0.717, 1.165) is 11.4 Å². The summed E-state index contributed by atoms with van der Waals surface area (Å²) in [5, 5.41) is 3.31. The maximum atomic E-state index is 5.09. The first-order valence-electron chi connectivity index (χ1n) is 4.20. The molecule has 2 atom stereocenters. The summed E-state index contributed by atoms with van der Waals surface area (Å²) in [6.45, 7) is 4.45. The zero-order valence-electron chi connectivity index (χ0n) is 7.13. The molecule has 0 saturated heterocycles. The van der Waals surface area contributed by atoms with Gasteiger partial charge in [0.2, 0.25) is 0 Å². The maximum Gasteiger partial charge on any atom is 0.0796 e. The number of hydrogen-bond donors (Lipinski definition) is 1. The Balaban J connectivity index is 2.52. The Morgan fingerprint density at radius 2 is 2.55 bits per heavy atom. The Hall–Kier alpha value is -0.370. The van der Waals surface area contributed by atoms with Gasteiger partial charge in [-0.2, -0.15) is 0 Å². The minimum atomic E-state index is 0.473. The second-order valence-corrected chi connectivity index (χ2v) is 3.60. The van der Waals surface area contributed by atoms with Crippen LogP contribution in [0.2, 0.25) is 0 Å². The molecular formula is C9H15NS. The van der Waals surface area contributed by atoms with Gasteiger partial charge in [-0.1, -0.05) is 44.6 Å². The van der Waals surface area contributed by atoms with Gasteiger partial charge in [-0.05, 0) is 5.92 Å². The molecule has 1 aliphatic heterocycles. The van der Waals surface area contributed by atoms with Gasteiger partial charge in [0.05, 0.1) is 4.99 Å². The quantitative estimate of drug-likeness (QED) is 0.503. The summed E-state index contributed by atoms with van der Waals surface area (Å²) in [6, 6.07) is 0.473. The van der Waals surface area contributed by atoms with Crippen LogP contribution in [0.3, 0.4) is 0 Å². The van der Waals surface area contributed by atoms with Crippen molar-refractivity contribution in [1.82, 2.24) is 5.32 Å². The van der Waals surface area contributed by atoms with Crippen molar-refractivity contribution >= 4 is 17.2 Å². The van der Waals surface area contributed by atoms with Crippen LogP contribution < -0.4 is 5.32 Å². The minimum Gasteiger partial charge on any atom is -0.373 e. The Morgan fingerprint density at radius 1 is 1.82 bits per heavy atom. The Morgan fingerprint density at radius 3 is 3.09 bits per heavy atom. The zero-order valence-corrected chi connectivity index (χ0v) is 7.95. The lowest BCUT2D eigenvalue weighted by Crippen LogP contribution is -2.38. The van der Waals surface area contributed by atoms with Crippen LogP contribution in [0.5, 0.6) is 0 Å². The minimum absolute atomic E-state index is 0.473. The average molecular weight is 169 g/mol. The number of thiocarbonyl (C=S) groups is 1. The van der Waals surface area contributed by atoms with Crippen LogP contribution >= 0.6 is 12.2 Å². The molecule has 0 saturated carbocycles. The van der Waals surface area contributed by atoms with Crippen molar-refractivity contribution in [1.29, 1.82) is 0 Å². The SMILES string of the molecule is CCC(C)C1C=CCC(=S)N1. The molecule has 11 heavy (non-hydrogen) atoms. The van der Waals surface area contributed by atoms with Gasteiger partial charge in [0.1, 0.15) is 0 Å². The highest BCUT2D eigenvalue weighted by atomic mass is 32.1. The summed E-state index contributed by atoms with van der Waals surface area (Å²) in [6.07, 6.45) is 6.51. The van der Waals surface area contributed by atoms with Crippen LogP contribution in [-0.2, 0) is 0 Å². The van der Waals surface area contributed by atoms with Crippen LogP contribution in [-0.4, -0.2) is 11.0 Å². The van der Waals surface area contributed by atoms with Gasteiger partial charge in [-0.25, -0.2) is 0 Å². The second-order valence-electron chi connectivity index (χ2n) is 3.11. The predicted octanol–water partition coefficient (Wildman–Crippen LogP) is 2.28. The van der Waals surface area contributed by atoms with Gasteiger partial charge in [0.15, 0.2) is 0 Å². The van der Waals surface area contributed by atoms with E-state index in [4.69, 9.17) is 12.2 Å². The highest BCUT2D eigenvalue weighted by Crippen LogP contribution is 2.12. The molecule has 2 unspecified atom stereocenters. The molecular weight excluding hydrogens is 154 g/mol. The lowest BCUT2D eigenvalue weighted by Gasteiger charge is -2.25. The summed E-state index contributed by atoms with van der Waals surface area (Å²) in [5.74, 6) is 0.685. The molecule has 1 aliphatic rings. The molecule has 0 aliphatic carbocycles. The highest BCUT2D eigenvalue weighted by molar-refractivity contribution is 7.80. The van der Waals surface area contributed by atoms with Crippen molar-refractivity contribution < 1.29 is 0 Å². The predicted molar refractivity (Wildman–Crippen MR) is 52.7 cm³/mol. The molecule has 0 fully saturated rings. The largest absolute Gasteiger partial charge is 0.373 e. The van der Waals surface area contributed by atoms with E-state index in [2.05, 4.69) is 31.3 Å². The van der Waals surface area contributed by atoms with Crippen molar-refractivity contribution in [3.05, 3.63) is 12.2 Å². The van der Waals surface area contributed by atoms with E-state index >= 15 is 0 Å². The molecule has 0 aromatic carbocycles. The number of nitrogens with one attached hydrogen (secondary N) is 1. The van der Waals surface area contributed by atoms with E-state index in [0.29, 0.717) is 12.0 Å². The van der Waals surface area contributed by atoms with Gasteiger partial charge in [-0.15, -0.1) is 0 Å². The lowest BCUT2D eigenvalue weighted by atomic mass is 9.97. The van der Waals surface area contributed by atoms with E-state index in [1.807, 2.05) is 0 Å². The molecule has 0 radical (unpaired) electrons. The molecule has 1 N–H and O–H groups in total. The molecule has 0 bridgehead atoms.